The molecule has 0 saturated carbocycles. The van der Waals surface area contributed by atoms with Crippen LogP contribution in [-0.4, -0.2) is 11.5 Å². The van der Waals surface area contributed by atoms with Gasteiger partial charge in [0.1, 0.15) is 9.98 Å². The highest BCUT2D eigenvalue weighted by Gasteiger charge is 2.05. The molecule has 0 aliphatic rings. The first-order chi connectivity index (χ1) is 9.72. The Morgan fingerprint density at radius 2 is 1.90 bits per heavy atom. The first-order valence-electron chi connectivity index (χ1n) is 6.24. The highest BCUT2D eigenvalue weighted by atomic mass is 35.5. The van der Waals surface area contributed by atoms with Gasteiger partial charge in [-0.3, -0.25) is 0 Å². The Hall–Kier alpha value is -1.29. The fourth-order valence-electron chi connectivity index (χ4n) is 2.06. The molecule has 0 radical (unpaired) electrons. The molecule has 20 heavy (non-hydrogen) atoms. The van der Waals surface area contributed by atoms with Crippen molar-refractivity contribution in [2.75, 3.05) is 11.9 Å². The van der Waals surface area contributed by atoms with Gasteiger partial charge in [-0.05, 0) is 41.6 Å². The van der Waals surface area contributed by atoms with Crippen LogP contribution in [0.4, 0.5) is 5.69 Å². The molecule has 0 bridgehead atoms. The van der Waals surface area contributed by atoms with Gasteiger partial charge in [-0.15, -0.1) is 11.3 Å². The zero-order valence-corrected chi connectivity index (χ0v) is 12.9. The molecule has 0 amide bonds. The van der Waals surface area contributed by atoms with Gasteiger partial charge in [0.15, 0.2) is 0 Å². The van der Waals surface area contributed by atoms with Crippen LogP contribution in [0.15, 0.2) is 41.8 Å². The number of halogens is 2. The SMILES string of the molecule is Clc1ccc(CCNc2cc(Cl)nc3sccc23)cc1. The van der Waals surface area contributed by atoms with E-state index < -0.39 is 0 Å². The van der Waals surface area contributed by atoms with Gasteiger partial charge in [-0.25, -0.2) is 4.98 Å². The summed E-state index contributed by atoms with van der Waals surface area (Å²) in [6.45, 7) is 0.840. The molecular formula is C15H12Cl2N2S. The zero-order chi connectivity index (χ0) is 13.9. The van der Waals surface area contributed by atoms with E-state index in [1.807, 2.05) is 35.7 Å². The molecule has 0 unspecified atom stereocenters. The van der Waals surface area contributed by atoms with E-state index in [9.17, 15) is 0 Å². The second kappa shape index (κ2) is 6.00. The second-order valence-corrected chi connectivity index (χ2v) is 6.15. The fraction of sp³-hybridized carbons (Fsp3) is 0.133. The van der Waals surface area contributed by atoms with E-state index in [4.69, 9.17) is 23.2 Å². The van der Waals surface area contributed by atoms with Crippen molar-refractivity contribution in [3.63, 3.8) is 0 Å². The van der Waals surface area contributed by atoms with E-state index in [2.05, 4.69) is 16.4 Å². The zero-order valence-electron chi connectivity index (χ0n) is 10.6. The topological polar surface area (TPSA) is 24.9 Å². The van der Waals surface area contributed by atoms with E-state index in [-0.39, 0.29) is 0 Å². The van der Waals surface area contributed by atoms with Crippen molar-refractivity contribution in [3.05, 3.63) is 57.5 Å². The number of hydrogen-bond donors (Lipinski definition) is 1. The van der Waals surface area contributed by atoms with Crippen LogP contribution in [0.5, 0.6) is 0 Å². The molecule has 5 heteroatoms. The van der Waals surface area contributed by atoms with Gasteiger partial charge in [-0.2, -0.15) is 0 Å². The molecular weight excluding hydrogens is 311 g/mol. The number of aromatic nitrogens is 1. The Labute approximate surface area is 131 Å². The third-order valence-corrected chi connectivity index (χ3v) is 4.30. The van der Waals surface area contributed by atoms with Crippen LogP contribution in [0.3, 0.4) is 0 Å². The summed E-state index contributed by atoms with van der Waals surface area (Å²) in [5, 5.41) is 7.86. The second-order valence-electron chi connectivity index (χ2n) is 4.44. The summed E-state index contributed by atoms with van der Waals surface area (Å²) in [6, 6.07) is 11.9. The Bertz CT molecular complexity index is 722. The first kappa shape index (κ1) is 13.7. The van der Waals surface area contributed by atoms with Crippen molar-refractivity contribution in [1.82, 2.24) is 4.98 Å². The minimum Gasteiger partial charge on any atom is -0.384 e. The maximum Gasteiger partial charge on any atom is 0.132 e. The average Bonchev–Trinajstić information content (AvgIpc) is 2.89. The number of hydrogen-bond acceptors (Lipinski definition) is 3. The number of fused-ring (bicyclic) bond motifs is 1. The summed E-state index contributed by atoms with van der Waals surface area (Å²) in [4.78, 5) is 5.27. The standard InChI is InChI=1S/C15H12Cl2N2S/c16-11-3-1-10(2-4-11)5-7-18-13-9-14(17)19-15-12(13)6-8-20-15/h1-4,6,8-9H,5,7H2,(H,18,19). The van der Waals surface area contributed by atoms with Gasteiger partial charge < -0.3 is 5.32 Å². The number of thiophene rings is 1. The van der Waals surface area contributed by atoms with Crippen LogP contribution < -0.4 is 5.32 Å². The predicted molar refractivity (Wildman–Crippen MR) is 88.3 cm³/mol. The molecule has 3 aromatic rings. The van der Waals surface area contributed by atoms with Crippen molar-refractivity contribution < 1.29 is 0 Å². The summed E-state index contributed by atoms with van der Waals surface area (Å²) >= 11 is 13.5. The van der Waals surface area contributed by atoms with Gasteiger partial charge in [0, 0.05) is 22.6 Å². The van der Waals surface area contributed by atoms with Gasteiger partial charge in [-0.1, -0.05) is 35.3 Å². The highest BCUT2D eigenvalue weighted by molar-refractivity contribution is 7.16. The lowest BCUT2D eigenvalue weighted by atomic mass is 10.1. The summed E-state index contributed by atoms with van der Waals surface area (Å²) < 4.78 is 0. The third-order valence-electron chi connectivity index (χ3n) is 3.05. The largest absolute Gasteiger partial charge is 0.384 e. The number of rotatable bonds is 4. The molecule has 0 aliphatic heterocycles. The van der Waals surface area contributed by atoms with Gasteiger partial charge in [0.25, 0.3) is 0 Å². The summed E-state index contributed by atoms with van der Waals surface area (Å²) in [6.07, 6.45) is 0.933. The molecule has 0 saturated heterocycles. The molecule has 3 rings (SSSR count). The van der Waals surface area contributed by atoms with Crippen LogP contribution in [-0.2, 0) is 6.42 Å². The quantitative estimate of drug-likeness (QED) is 0.663. The lowest BCUT2D eigenvalue weighted by molar-refractivity contribution is 1.02. The maximum atomic E-state index is 6.03. The molecule has 2 aromatic heterocycles. The molecule has 2 nitrogen and oxygen atoms in total. The first-order valence-corrected chi connectivity index (χ1v) is 7.88. The molecule has 1 N–H and O–H groups in total. The Balaban J connectivity index is 1.70. The monoisotopic (exact) mass is 322 g/mol. The number of pyridine rings is 1. The maximum absolute atomic E-state index is 6.03. The lowest BCUT2D eigenvalue weighted by Gasteiger charge is -2.08. The van der Waals surface area contributed by atoms with Crippen LogP contribution >= 0.6 is 34.5 Å². The third kappa shape index (κ3) is 3.06. The van der Waals surface area contributed by atoms with Crippen LogP contribution in [0.2, 0.25) is 10.2 Å². The number of nitrogens with one attached hydrogen (secondary N) is 1. The van der Waals surface area contributed by atoms with Crippen molar-refractivity contribution in [1.29, 1.82) is 0 Å². The smallest absolute Gasteiger partial charge is 0.132 e. The van der Waals surface area contributed by atoms with E-state index in [1.54, 1.807) is 11.3 Å². The van der Waals surface area contributed by atoms with E-state index >= 15 is 0 Å². The predicted octanol–water partition coefficient (Wildman–Crippen LogP) is 5.26. The van der Waals surface area contributed by atoms with Gasteiger partial charge >= 0.3 is 0 Å². The van der Waals surface area contributed by atoms with E-state index in [0.29, 0.717) is 5.15 Å². The van der Waals surface area contributed by atoms with Gasteiger partial charge in [0.05, 0.1) is 0 Å². The minimum absolute atomic E-state index is 0.522. The number of benzene rings is 1. The molecule has 0 spiro atoms. The Morgan fingerprint density at radius 3 is 2.70 bits per heavy atom. The van der Waals surface area contributed by atoms with Crippen molar-refractivity contribution in [2.24, 2.45) is 0 Å². The van der Waals surface area contributed by atoms with E-state index in [1.165, 1.54) is 5.56 Å². The van der Waals surface area contributed by atoms with Crippen molar-refractivity contribution in [2.45, 2.75) is 6.42 Å². The molecule has 1 aromatic carbocycles. The van der Waals surface area contributed by atoms with Crippen LogP contribution in [0, 0.1) is 0 Å². The Kier molecular flexibility index (Phi) is 4.10. The molecule has 2 heterocycles. The molecule has 0 atom stereocenters. The number of nitrogens with zero attached hydrogens (tertiary/aromatic N) is 1. The minimum atomic E-state index is 0.522. The van der Waals surface area contributed by atoms with Crippen molar-refractivity contribution >= 4 is 50.4 Å². The molecule has 0 fully saturated rings. The number of anilines is 1. The van der Waals surface area contributed by atoms with Crippen molar-refractivity contribution in [3.8, 4) is 0 Å². The normalized spacial score (nSPS) is 10.9. The average molecular weight is 323 g/mol. The highest BCUT2D eigenvalue weighted by Crippen LogP contribution is 2.29. The molecule has 102 valence electrons. The summed E-state index contributed by atoms with van der Waals surface area (Å²) in [5.74, 6) is 0. The van der Waals surface area contributed by atoms with Gasteiger partial charge in [0.2, 0.25) is 0 Å². The lowest BCUT2D eigenvalue weighted by Crippen LogP contribution is -2.05. The molecule has 0 aliphatic carbocycles. The summed E-state index contributed by atoms with van der Waals surface area (Å²) in [5.41, 5.74) is 2.29. The van der Waals surface area contributed by atoms with Crippen LogP contribution in [0.25, 0.3) is 10.2 Å². The fourth-order valence-corrected chi connectivity index (χ4v) is 3.22. The summed E-state index contributed by atoms with van der Waals surface area (Å²) in [7, 11) is 0. The van der Waals surface area contributed by atoms with Crippen LogP contribution in [0.1, 0.15) is 5.56 Å². The van der Waals surface area contributed by atoms with E-state index in [0.717, 1.165) is 33.9 Å². The Morgan fingerprint density at radius 1 is 1.10 bits per heavy atom.